The van der Waals surface area contributed by atoms with Crippen LogP contribution in [0.2, 0.25) is 5.02 Å². The zero-order valence-corrected chi connectivity index (χ0v) is 9.29. The lowest BCUT2D eigenvalue weighted by Gasteiger charge is -2.13. The van der Waals surface area contributed by atoms with Crippen molar-refractivity contribution in [1.82, 2.24) is 0 Å². The van der Waals surface area contributed by atoms with Crippen LogP contribution in [-0.2, 0) is 4.79 Å². The first-order valence-corrected chi connectivity index (χ1v) is 4.83. The molecule has 1 unspecified atom stereocenters. The molecule has 0 radical (unpaired) electrons. The summed E-state index contributed by atoms with van der Waals surface area (Å²) in [7, 11) is 1.29. The molecule has 4 nitrogen and oxygen atoms in total. The van der Waals surface area contributed by atoms with E-state index in [1.165, 1.54) is 19.2 Å². The van der Waals surface area contributed by atoms with Crippen molar-refractivity contribution < 1.29 is 19.0 Å². The van der Waals surface area contributed by atoms with Crippen molar-refractivity contribution >= 4 is 17.6 Å². The van der Waals surface area contributed by atoms with Gasteiger partial charge >= 0.3 is 5.97 Å². The van der Waals surface area contributed by atoms with Gasteiger partial charge in [-0.25, -0.2) is 4.39 Å². The maximum atomic E-state index is 13.7. The summed E-state index contributed by atoms with van der Waals surface area (Å²) in [6.45, 7) is 0. The highest BCUT2D eigenvalue weighted by atomic mass is 35.5. The van der Waals surface area contributed by atoms with Gasteiger partial charge in [-0.05, 0) is 6.07 Å². The van der Waals surface area contributed by atoms with E-state index in [2.05, 4.69) is 0 Å². The minimum atomic E-state index is -1.11. The highest BCUT2D eigenvalue weighted by Crippen LogP contribution is 2.29. The van der Waals surface area contributed by atoms with Gasteiger partial charge in [0.15, 0.2) is 11.6 Å². The summed E-state index contributed by atoms with van der Waals surface area (Å²) in [6.07, 6.45) is -0.375. The smallest absolute Gasteiger partial charge is 0.305 e. The third-order valence-electron chi connectivity index (χ3n) is 2.05. The Balaban J connectivity index is 3.12. The average Bonchev–Trinajstić information content (AvgIpc) is 2.19. The fraction of sp³-hybridized carbons (Fsp3) is 0.300. The number of nitrogens with two attached hydrogens (primary N) is 1. The van der Waals surface area contributed by atoms with Crippen LogP contribution in [0.5, 0.6) is 5.75 Å². The van der Waals surface area contributed by atoms with E-state index in [1.807, 2.05) is 0 Å². The minimum Gasteiger partial charge on any atom is -0.494 e. The van der Waals surface area contributed by atoms with E-state index in [0.29, 0.717) is 0 Å². The molecule has 0 aromatic heterocycles. The van der Waals surface area contributed by atoms with Gasteiger partial charge in [-0.15, -0.1) is 0 Å². The zero-order chi connectivity index (χ0) is 12.3. The third-order valence-corrected chi connectivity index (χ3v) is 2.26. The zero-order valence-electron chi connectivity index (χ0n) is 8.54. The van der Waals surface area contributed by atoms with Gasteiger partial charge in [-0.3, -0.25) is 4.79 Å². The highest BCUT2D eigenvalue weighted by molar-refractivity contribution is 6.30. The van der Waals surface area contributed by atoms with Gasteiger partial charge in [0.1, 0.15) is 0 Å². The first-order chi connectivity index (χ1) is 7.45. The van der Waals surface area contributed by atoms with Crippen LogP contribution in [-0.4, -0.2) is 18.2 Å². The number of hydrogen-bond donors (Lipinski definition) is 2. The van der Waals surface area contributed by atoms with Gasteiger partial charge < -0.3 is 15.6 Å². The Morgan fingerprint density at radius 1 is 1.69 bits per heavy atom. The van der Waals surface area contributed by atoms with Crippen molar-refractivity contribution in [3.05, 3.63) is 28.5 Å². The van der Waals surface area contributed by atoms with Gasteiger partial charge in [0.05, 0.1) is 13.5 Å². The molecule has 0 aliphatic rings. The molecule has 0 saturated heterocycles. The molecular formula is C10H11ClFNO3. The fourth-order valence-electron chi connectivity index (χ4n) is 1.30. The number of carboxylic acid groups (broad SMARTS) is 1. The van der Waals surface area contributed by atoms with E-state index >= 15 is 0 Å². The minimum absolute atomic E-state index is 0.0340. The van der Waals surface area contributed by atoms with Crippen LogP contribution in [0.1, 0.15) is 18.0 Å². The molecule has 1 aromatic rings. The maximum Gasteiger partial charge on any atom is 0.305 e. The van der Waals surface area contributed by atoms with Crippen LogP contribution in [0.15, 0.2) is 12.1 Å². The van der Waals surface area contributed by atoms with E-state index in [-0.39, 0.29) is 22.8 Å². The monoisotopic (exact) mass is 247 g/mol. The predicted molar refractivity (Wildman–Crippen MR) is 57.1 cm³/mol. The van der Waals surface area contributed by atoms with Crippen LogP contribution in [0.3, 0.4) is 0 Å². The van der Waals surface area contributed by atoms with E-state index in [4.69, 9.17) is 27.2 Å². The predicted octanol–water partition coefficient (Wildman–Crippen LogP) is 1.96. The third kappa shape index (κ3) is 2.84. The van der Waals surface area contributed by atoms with Crippen molar-refractivity contribution in [1.29, 1.82) is 0 Å². The molecule has 0 fully saturated rings. The summed E-state index contributed by atoms with van der Waals surface area (Å²) in [6, 6.07) is 1.64. The van der Waals surface area contributed by atoms with Gasteiger partial charge in [0, 0.05) is 22.7 Å². The van der Waals surface area contributed by atoms with E-state index < -0.39 is 17.8 Å². The number of hydrogen-bond acceptors (Lipinski definition) is 3. The van der Waals surface area contributed by atoms with E-state index in [1.54, 1.807) is 0 Å². The number of carboxylic acids is 1. The molecule has 1 aromatic carbocycles. The standard InChI is InChI=1S/C10H11ClFNO3/c1-16-8-3-5(11)2-6(10(8)12)7(13)4-9(14)15/h2-3,7H,4,13H2,1H3,(H,14,15). The van der Waals surface area contributed by atoms with Crippen LogP contribution in [0, 0.1) is 5.82 Å². The second kappa shape index (κ2) is 5.14. The number of carbonyl (C=O) groups is 1. The second-order valence-corrected chi connectivity index (χ2v) is 3.65. The fourth-order valence-corrected chi connectivity index (χ4v) is 1.52. The lowest BCUT2D eigenvalue weighted by molar-refractivity contribution is -0.137. The number of ether oxygens (including phenoxy) is 1. The van der Waals surface area contributed by atoms with Gasteiger partial charge in [0.25, 0.3) is 0 Å². The van der Waals surface area contributed by atoms with Crippen LogP contribution >= 0.6 is 11.6 Å². The van der Waals surface area contributed by atoms with Crippen molar-refractivity contribution in [2.75, 3.05) is 7.11 Å². The first kappa shape index (κ1) is 12.7. The molecule has 1 atom stereocenters. The Hall–Kier alpha value is -1.33. The highest BCUT2D eigenvalue weighted by Gasteiger charge is 2.18. The van der Waals surface area contributed by atoms with Crippen molar-refractivity contribution in [3.63, 3.8) is 0 Å². The summed E-state index contributed by atoms with van der Waals surface area (Å²) >= 11 is 5.73. The summed E-state index contributed by atoms with van der Waals surface area (Å²) < 4.78 is 18.5. The Kier molecular flexibility index (Phi) is 4.09. The second-order valence-electron chi connectivity index (χ2n) is 3.22. The Labute approximate surface area is 96.8 Å². The number of benzene rings is 1. The molecular weight excluding hydrogens is 237 g/mol. The lowest BCUT2D eigenvalue weighted by atomic mass is 10.0. The molecule has 0 heterocycles. The Morgan fingerprint density at radius 3 is 2.81 bits per heavy atom. The lowest BCUT2D eigenvalue weighted by Crippen LogP contribution is -2.16. The molecule has 1 rings (SSSR count). The SMILES string of the molecule is COc1cc(Cl)cc(C(N)CC(=O)O)c1F. The van der Waals surface area contributed by atoms with Gasteiger partial charge in [-0.1, -0.05) is 11.6 Å². The summed E-state index contributed by atoms with van der Waals surface area (Å²) in [5, 5.41) is 8.81. The molecule has 0 aliphatic carbocycles. The summed E-state index contributed by atoms with van der Waals surface area (Å²) in [5.41, 5.74) is 5.59. The molecule has 16 heavy (non-hydrogen) atoms. The van der Waals surface area contributed by atoms with E-state index in [9.17, 15) is 9.18 Å². The maximum absolute atomic E-state index is 13.7. The number of halogens is 2. The van der Waals surface area contributed by atoms with Gasteiger partial charge in [-0.2, -0.15) is 0 Å². The van der Waals surface area contributed by atoms with Gasteiger partial charge in [0.2, 0.25) is 0 Å². The van der Waals surface area contributed by atoms with Crippen molar-refractivity contribution in [3.8, 4) is 5.75 Å². The molecule has 0 aliphatic heterocycles. The molecule has 0 bridgehead atoms. The normalized spacial score (nSPS) is 12.2. The number of rotatable bonds is 4. The molecule has 0 saturated carbocycles. The average molecular weight is 248 g/mol. The van der Waals surface area contributed by atoms with Crippen LogP contribution < -0.4 is 10.5 Å². The van der Waals surface area contributed by atoms with Crippen LogP contribution in [0.4, 0.5) is 4.39 Å². The topological polar surface area (TPSA) is 72.5 Å². The summed E-state index contributed by atoms with van der Waals surface area (Å²) in [5.74, 6) is -1.84. The van der Waals surface area contributed by atoms with Crippen molar-refractivity contribution in [2.24, 2.45) is 5.73 Å². The Morgan fingerprint density at radius 2 is 2.31 bits per heavy atom. The molecule has 88 valence electrons. The number of aliphatic carboxylic acids is 1. The summed E-state index contributed by atoms with van der Waals surface area (Å²) in [4.78, 5) is 10.5. The molecule has 0 spiro atoms. The quantitative estimate of drug-likeness (QED) is 0.853. The largest absolute Gasteiger partial charge is 0.494 e. The Bertz CT molecular complexity index is 411. The van der Waals surface area contributed by atoms with Crippen LogP contribution in [0.25, 0.3) is 0 Å². The molecule has 3 N–H and O–H groups in total. The number of methoxy groups -OCH3 is 1. The molecule has 0 amide bonds. The van der Waals surface area contributed by atoms with E-state index in [0.717, 1.165) is 0 Å². The van der Waals surface area contributed by atoms with Crippen molar-refractivity contribution in [2.45, 2.75) is 12.5 Å². The molecule has 6 heteroatoms. The first-order valence-electron chi connectivity index (χ1n) is 4.46.